The number of hydrogen-bond acceptors (Lipinski definition) is 2. The number of aromatic nitrogens is 1. The summed E-state index contributed by atoms with van der Waals surface area (Å²) in [5, 5.41) is 7.07. The van der Waals surface area contributed by atoms with Crippen LogP contribution in [0.4, 0.5) is 17.1 Å². The molecule has 230 valence electrons. The molecule has 0 amide bonds. The average Bonchev–Trinajstić information content (AvgIpc) is 3.73. The third-order valence-corrected chi connectivity index (χ3v) is 9.76. The van der Waals surface area contributed by atoms with Crippen LogP contribution in [0.2, 0.25) is 0 Å². The molecule has 2 heterocycles. The smallest absolute Gasteiger partial charge is 0.136 e. The molecule has 0 aliphatic heterocycles. The predicted molar refractivity (Wildman–Crippen MR) is 206 cm³/mol. The molecule has 0 fully saturated rings. The van der Waals surface area contributed by atoms with Crippen molar-refractivity contribution in [3.05, 3.63) is 182 Å². The van der Waals surface area contributed by atoms with Gasteiger partial charge in [-0.05, 0) is 82.6 Å². The lowest BCUT2D eigenvalue weighted by Crippen LogP contribution is -2.11. The van der Waals surface area contributed by atoms with Crippen LogP contribution in [0.5, 0.6) is 0 Å². The zero-order chi connectivity index (χ0) is 32.3. The second-order valence-corrected chi connectivity index (χ2v) is 12.6. The van der Waals surface area contributed by atoms with Crippen molar-refractivity contribution in [2.24, 2.45) is 0 Å². The standard InChI is InChI=1S/C46H30N2O/c1-3-12-31(13-4-1)32-22-26-35(27-23-32)47(36-28-24-33-25-29-44-45(40(33)30-36)39-17-8-10-21-43(39)49-44)42-20-11-18-38-37-16-7-9-19-41(37)48(46(38)42)34-14-5-2-6-15-34/h1-30H. The summed E-state index contributed by atoms with van der Waals surface area (Å²) in [4.78, 5) is 2.41. The quantitative estimate of drug-likeness (QED) is 0.190. The zero-order valence-electron chi connectivity index (χ0n) is 26.6. The second-order valence-electron chi connectivity index (χ2n) is 12.6. The topological polar surface area (TPSA) is 21.3 Å². The Hall–Kier alpha value is -6.58. The first-order valence-corrected chi connectivity index (χ1v) is 16.7. The number of benzene rings is 8. The molecule has 0 radical (unpaired) electrons. The normalized spacial score (nSPS) is 11.7. The van der Waals surface area contributed by atoms with E-state index in [2.05, 4.69) is 185 Å². The van der Waals surface area contributed by atoms with Crippen molar-refractivity contribution >= 4 is 71.6 Å². The number of furan rings is 1. The number of rotatable bonds is 5. The molecule has 0 spiro atoms. The molecule has 0 unspecified atom stereocenters. The molecule has 0 saturated heterocycles. The molecule has 0 N–H and O–H groups in total. The summed E-state index contributed by atoms with van der Waals surface area (Å²) in [6.07, 6.45) is 0. The lowest BCUT2D eigenvalue weighted by atomic mass is 10.0. The highest BCUT2D eigenvalue weighted by atomic mass is 16.3. The second kappa shape index (κ2) is 11.0. The first kappa shape index (κ1) is 27.5. The summed E-state index contributed by atoms with van der Waals surface area (Å²) in [5.41, 5.74) is 10.9. The van der Waals surface area contributed by atoms with E-state index in [9.17, 15) is 0 Å². The largest absolute Gasteiger partial charge is 0.456 e. The monoisotopic (exact) mass is 626 g/mol. The highest BCUT2D eigenvalue weighted by Crippen LogP contribution is 2.45. The Morgan fingerprint density at radius 2 is 1.08 bits per heavy atom. The number of fused-ring (bicyclic) bond motifs is 8. The Labute approximate surface area is 283 Å². The summed E-state index contributed by atoms with van der Waals surface area (Å²) >= 11 is 0. The van der Waals surface area contributed by atoms with Gasteiger partial charge in [0, 0.05) is 38.6 Å². The molecule has 3 nitrogen and oxygen atoms in total. The van der Waals surface area contributed by atoms with Crippen molar-refractivity contribution in [1.29, 1.82) is 0 Å². The van der Waals surface area contributed by atoms with Crippen LogP contribution < -0.4 is 4.90 Å². The number of anilines is 3. The van der Waals surface area contributed by atoms with E-state index in [-0.39, 0.29) is 0 Å². The molecule has 0 atom stereocenters. The molecule has 0 saturated carbocycles. The van der Waals surface area contributed by atoms with E-state index in [1.54, 1.807) is 0 Å². The molecule has 2 aromatic heterocycles. The summed E-state index contributed by atoms with van der Waals surface area (Å²) in [5.74, 6) is 0. The van der Waals surface area contributed by atoms with Gasteiger partial charge in [-0.1, -0.05) is 121 Å². The van der Waals surface area contributed by atoms with Crippen molar-refractivity contribution < 1.29 is 4.42 Å². The minimum absolute atomic E-state index is 0.899. The van der Waals surface area contributed by atoms with Gasteiger partial charge in [-0.15, -0.1) is 0 Å². The van der Waals surface area contributed by atoms with Gasteiger partial charge in [-0.25, -0.2) is 0 Å². The Morgan fingerprint density at radius 1 is 0.429 bits per heavy atom. The van der Waals surface area contributed by atoms with E-state index in [1.807, 2.05) is 6.07 Å². The minimum atomic E-state index is 0.899. The Balaban J connectivity index is 1.28. The van der Waals surface area contributed by atoms with Gasteiger partial charge < -0.3 is 13.9 Å². The fourth-order valence-corrected chi connectivity index (χ4v) is 7.56. The molecule has 8 aromatic carbocycles. The van der Waals surface area contributed by atoms with Gasteiger partial charge >= 0.3 is 0 Å². The Kier molecular flexibility index (Phi) is 6.18. The number of para-hydroxylation sites is 4. The van der Waals surface area contributed by atoms with Crippen LogP contribution in [0.1, 0.15) is 0 Å². The van der Waals surface area contributed by atoms with Crippen LogP contribution in [0.3, 0.4) is 0 Å². The highest BCUT2D eigenvalue weighted by molar-refractivity contribution is 6.20. The van der Waals surface area contributed by atoms with Gasteiger partial charge in [-0.2, -0.15) is 0 Å². The Morgan fingerprint density at radius 3 is 1.92 bits per heavy atom. The van der Waals surface area contributed by atoms with Crippen molar-refractivity contribution in [3.63, 3.8) is 0 Å². The van der Waals surface area contributed by atoms with Crippen LogP contribution >= 0.6 is 0 Å². The van der Waals surface area contributed by atoms with Crippen molar-refractivity contribution in [2.75, 3.05) is 4.90 Å². The lowest BCUT2D eigenvalue weighted by molar-refractivity contribution is 0.669. The fraction of sp³-hybridized carbons (Fsp3) is 0. The molecule has 10 aromatic rings. The van der Waals surface area contributed by atoms with Gasteiger partial charge in [-0.3, -0.25) is 0 Å². The summed E-state index contributed by atoms with van der Waals surface area (Å²) in [6.45, 7) is 0. The third kappa shape index (κ3) is 4.37. The van der Waals surface area contributed by atoms with E-state index in [4.69, 9.17) is 4.42 Å². The van der Waals surface area contributed by atoms with Crippen molar-refractivity contribution in [3.8, 4) is 16.8 Å². The maximum Gasteiger partial charge on any atom is 0.136 e. The van der Waals surface area contributed by atoms with Crippen LogP contribution in [0, 0.1) is 0 Å². The third-order valence-electron chi connectivity index (χ3n) is 9.76. The minimum Gasteiger partial charge on any atom is -0.456 e. The molecule has 0 aliphatic carbocycles. The fourth-order valence-electron chi connectivity index (χ4n) is 7.56. The first-order chi connectivity index (χ1) is 24.3. The number of nitrogens with zero attached hydrogens (tertiary/aromatic N) is 2. The van der Waals surface area contributed by atoms with Gasteiger partial charge in [0.25, 0.3) is 0 Å². The molecule has 3 heteroatoms. The van der Waals surface area contributed by atoms with E-state index in [1.165, 1.54) is 38.2 Å². The summed E-state index contributed by atoms with van der Waals surface area (Å²) < 4.78 is 8.74. The van der Waals surface area contributed by atoms with Gasteiger partial charge in [0.1, 0.15) is 11.2 Å². The SMILES string of the molecule is c1ccc(-c2ccc(N(c3ccc4ccc5oc6ccccc6c5c4c3)c3cccc4c5ccccc5n(-c5ccccc5)c34)cc2)cc1. The van der Waals surface area contributed by atoms with Crippen molar-refractivity contribution in [1.82, 2.24) is 4.57 Å². The van der Waals surface area contributed by atoms with Crippen LogP contribution in [0.15, 0.2) is 186 Å². The highest BCUT2D eigenvalue weighted by Gasteiger charge is 2.22. The van der Waals surface area contributed by atoms with Crippen LogP contribution in [0.25, 0.3) is 71.3 Å². The van der Waals surface area contributed by atoms with Gasteiger partial charge in [0.15, 0.2) is 0 Å². The molecule has 49 heavy (non-hydrogen) atoms. The van der Waals surface area contributed by atoms with E-state index >= 15 is 0 Å². The predicted octanol–water partition coefficient (Wildman–Crippen LogP) is 13.0. The maximum atomic E-state index is 6.32. The van der Waals surface area contributed by atoms with Crippen LogP contribution in [-0.2, 0) is 0 Å². The molecule has 10 rings (SSSR count). The summed E-state index contributed by atoms with van der Waals surface area (Å²) in [6, 6.07) is 65.0. The average molecular weight is 627 g/mol. The molecule has 0 bridgehead atoms. The first-order valence-electron chi connectivity index (χ1n) is 16.7. The van der Waals surface area contributed by atoms with Gasteiger partial charge in [0.2, 0.25) is 0 Å². The molecular formula is C46H30N2O. The Bertz CT molecular complexity index is 2810. The lowest BCUT2D eigenvalue weighted by Gasteiger charge is -2.27. The van der Waals surface area contributed by atoms with E-state index in [0.717, 1.165) is 50.2 Å². The van der Waals surface area contributed by atoms with Gasteiger partial charge in [0.05, 0.1) is 16.7 Å². The summed E-state index contributed by atoms with van der Waals surface area (Å²) in [7, 11) is 0. The van der Waals surface area contributed by atoms with E-state index in [0.29, 0.717) is 0 Å². The van der Waals surface area contributed by atoms with Crippen LogP contribution in [-0.4, -0.2) is 4.57 Å². The zero-order valence-corrected chi connectivity index (χ0v) is 26.6. The molecule has 0 aliphatic rings. The number of hydrogen-bond donors (Lipinski definition) is 0. The van der Waals surface area contributed by atoms with Crippen molar-refractivity contribution in [2.45, 2.75) is 0 Å². The molecular weight excluding hydrogens is 597 g/mol. The maximum absolute atomic E-state index is 6.32. The van der Waals surface area contributed by atoms with E-state index < -0.39 is 0 Å².